The van der Waals surface area contributed by atoms with Crippen LogP contribution in [-0.2, 0) is 10.2 Å². The first-order valence-corrected chi connectivity index (χ1v) is 7.77. The second kappa shape index (κ2) is 4.44. The van der Waals surface area contributed by atoms with Crippen molar-refractivity contribution in [3.63, 3.8) is 0 Å². The Bertz CT molecular complexity index is 952. The Morgan fingerprint density at radius 2 is 1.91 bits per heavy atom. The van der Waals surface area contributed by atoms with E-state index in [0.29, 0.717) is 0 Å². The van der Waals surface area contributed by atoms with E-state index in [0.717, 1.165) is 33.7 Å². The van der Waals surface area contributed by atoms with Crippen molar-refractivity contribution >= 4 is 22.6 Å². The Hall–Kier alpha value is -2.62. The molecule has 0 spiro atoms. The van der Waals surface area contributed by atoms with Gasteiger partial charge in [-0.2, -0.15) is 0 Å². The number of aromatic amines is 1. The Balaban J connectivity index is 1.86. The highest BCUT2D eigenvalue weighted by Gasteiger charge is 2.42. The van der Waals surface area contributed by atoms with Gasteiger partial charge in [0.15, 0.2) is 0 Å². The van der Waals surface area contributed by atoms with Crippen LogP contribution in [0.5, 0.6) is 0 Å². The van der Waals surface area contributed by atoms with Gasteiger partial charge in [0.25, 0.3) is 0 Å². The second-order valence-electron chi connectivity index (χ2n) is 6.83. The molecule has 0 unspecified atom stereocenters. The molecule has 1 aliphatic heterocycles. The molecule has 3 aromatic rings. The van der Waals surface area contributed by atoms with Crippen molar-refractivity contribution in [3.05, 3.63) is 47.5 Å². The third-order valence-electron chi connectivity index (χ3n) is 4.78. The number of aryl methyl sites for hydroxylation is 1. The number of amides is 1. The first-order valence-electron chi connectivity index (χ1n) is 7.77. The van der Waals surface area contributed by atoms with E-state index in [1.165, 1.54) is 5.56 Å². The third kappa shape index (κ3) is 1.91. The van der Waals surface area contributed by atoms with Crippen LogP contribution in [0.3, 0.4) is 0 Å². The molecule has 2 aromatic carbocycles. The Morgan fingerprint density at radius 3 is 2.70 bits per heavy atom. The summed E-state index contributed by atoms with van der Waals surface area (Å²) in [6, 6.07) is 12.3. The molecule has 4 nitrogen and oxygen atoms in total. The standard InChI is InChI=1S/C19H19N3O/c1-11-5-8-14-15(9-11)21-17(20-14)12-6-7-13-16(10-12)22(4)18(23)19(13,2)3/h5-10H,1-4H3,(H,20,21). The molecule has 0 saturated carbocycles. The van der Waals surface area contributed by atoms with E-state index in [1.54, 1.807) is 4.90 Å². The molecule has 116 valence electrons. The van der Waals surface area contributed by atoms with Gasteiger partial charge in [0.1, 0.15) is 5.82 Å². The summed E-state index contributed by atoms with van der Waals surface area (Å²) in [6.45, 7) is 6.01. The predicted octanol–water partition coefficient (Wildman–Crippen LogP) is 3.79. The van der Waals surface area contributed by atoms with Crippen LogP contribution in [-0.4, -0.2) is 22.9 Å². The van der Waals surface area contributed by atoms with Crippen LogP contribution in [0.4, 0.5) is 5.69 Å². The van der Waals surface area contributed by atoms with Crippen LogP contribution >= 0.6 is 0 Å². The molecular weight excluding hydrogens is 286 g/mol. The number of imidazole rings is 1. The SMILES string of the molecule is Cc1ccc2[nH]c(-c3ccc4c(c3)N(C)C(=O)C4(C)C)nc2c1. The van der Waals surface area contributed by atoms with Gasteiger partial charge >= 0.3 is 0 Å². The van der Waals surface area contributed by atoms with Crippen LogP contribution in [0.1, 0.15) is 25.0 Å². The summed E-state index contributed by atoms with van der Waals surface area (Å²) in [6.07, 6.45) is 0. The number of carbonyl (C=O) groups is 1. The maximum atomic E-state index is 12.4. The van der Waals surface area contributed by atoms with Crippen LogP contribution in [0.15, 0.2) is 36.4 Å². The average molecular weight is 305 g/mol. The summed E-state index contributed by atoms with van der Waals surface area (Å²) < 4.78 is 0. The molecule has 0 atom stereocenters. The van der Waals surface area contributed by atoms with E-state index in [2.05, 4.69) is 24.0 Å². The Kier molecular flexibility index (Phi) is 2.71. The quantitative estimate of drug-likeness (QED) is 0.743. The molecule has 23 heavy (non-hydrogen) atoms. The summed E-state index contributed by atoms with van der Waals surface area (Å²) >= 11 is 0. The zero-order chi connectivity index (χ0) is 16.4. The van der Waals surface area contributed by atoms with Crippen LogP contribution < -0.4 is 4.90 Å². The minimum Gasteiger partial charge on any atom is -0.338 e. The molecular formula is C19H19N3O. The number of benzene rings is 2. The molecule has 0 radical (unpaired) electrons. The lowest BCUT2D eigenvalue weighted by Crippen LogP contribution is -2.33. The first-order chi connectivity index (χ1) is 10.9. The van der Waals surface area contributed by atoms with Gasteiger partial charge in [0.2, 0.25) is 5.91 Å². The molecule has 1 amide bonds. The lowest BCUT2D eigenvalue weighted by Gasteiger charge is -2.16. The average Bonchev–Trinajstić information content (AvgIpc) is 3.01. The van der Waals surface area contributed by atoms with Crippen molar-refractivity contribution in [2.24, 2.45) is 0 Å². The maximum absolute atomic E-state index is 12.4. The minimum absolute atomic E-state index is 0.130. The van der Waals surface area contributed by atoms with E-state index >= 15 is 0 Å². The summed E-state index contributed by atoms with van der Waals surface area (Å²) in [5, 5.41) is 0. The van der Waals surface area contributed by atoms with E-state index in [-0.39, 0.29) is 5.91 Å². The number of nitrogens with zero attached hydrogens (tertiary/aromatic N) is 2. The van der Waals surface area contributed by atoms with Gasteiger partial charge in [-0.3, -0.25) is 4.79 Å². The fourth-order valence-corrected chi connectivity index (χ4v) is 3.38. The number of likely N-dealkylation sites (N-methyl/N-ethyl adjacent to an activating group) is 1. The molecule has 1 aromatic heterocycles. The molecule has 1 aliphatic rings. The minimum atomic E-state index is -0.465. The molecule has 0 bridgehead atoms. The fourth-order valence-electron chi connectivity index (χ4n) is 3.38. The zero-order valence-electron chi connectivity index (χ0n) is 13.8. The van der Waals surface area contributed by atoms with Gasteiger partial charge in [-0.1, -0.05) is 18.2 Å². The van der Waals surface area contributed by atoms with Crippen LogP contribution in [0.2, 0.25) is 0 Å². The predicted molar refractivity (Wildman–Crippen MR) is 92.7 cm³/mol. The maximum Gasteiger partial charge on any atom is 0.236 e. The number of aromatic nitrogens is 2. The monoisotopic (exact) mass is 305 g/mol. The van der Waals surface area contributed by atoms with Gasteiger partial charge in [-0.15, -0.1) is 0 Å². The number of rotatable bonds is 1. The molecule has 1 N–H and O–H groups in total. The highest BCUT2D eigenvalue weighted by molar-refractivity contribution is 6.07. The normalized spacial score (nSPS) is 16.2. The molecule has 0 saturated heterocycles. The van der Waals surface area contributed by atoms with E-state index in [4.69, 9.17) is 4.98 Å². The summed E-state index contributed by atoms with van der Waals surface area (Å²) in [5.41, 5.74) is 5.75. The van der Waals surface area contributed by atoms with Gasteiger partial charge < -0.3 is 9.88 Å². The van der Waals surface area contributed by atoms with Gasteiger partial charge in [-0.05, 0) is 50.1 Å². The number of H-pyrrole nitrogens is 1. The fraction of sp³-hybridized carbons (Fsp3) is 0.263. The van der Waals surface area contributed by atoms with Crippen molar-refractivity contribution in [3.8, 4) is 11.4 Å². The lowest BCUT2D eigenvalue weighted by atomic mass is 9.86. The van der Waals surface area contributed by atoms with Crippen molar-refractivity contribution in [2.75, 3.05) is 11.9 Å². The molecule has 4 heteroatoms. The van der Waals surface area contributed by atoms with Crippen molar-refractivity contribution < 1.29 is 4.79 Å². The van der Waals surface area contributed by atoms with Crippen molar-refractivity contribution in [2.45, 2.75) is 26.2 Å². The summed E-state index contributed by atoms with van der Waals surface area (Å²) in [7, 11) is 1.84. The first kappa shape index (κ1) is 14.0. The Labute approximate surface area is 135 Å². The van der Waals surface area contributed by atoms with Crippen LogP contribution in [0, 0.1) is 6.92 Å². The third-order valence-corrected chi connectivity index (χ3v) is 4.78. The van der Waals surface area contributed by atoms with E-state index in [1.807, 2.05) is 45.2 Å². The summed E-state index contributed by atoms with van der Waals surface area (Å²) in [4.78, 5) is 22.2. The number of nitrogens with one attached hydrogen (secondary N) is 1. The molecule has 0 aliphatic carbocycles. The Morgan fingerprint density at radius 1 is 1.13 bits per heavy atom. The lowest BCUT2D eigenvalue weighted by molar-refractivity contribution is -0.121. The number of anilines is 1. The number of fused-ring (bicyclic) bond motifs is 2. The topological polar surface area (TPSA) is 49.0 Å². The number of hydrogen-bond donors (Lipinski definition) is 1. The second-order valence-corrected chi connectivity index (χ2v) is 6.83. The highest BCUT2D eigenvalue weighted by atomic mass is 16.2. The smallest absolute Gasteiger partial charge is 0.236 e. The summed E-state index contributed by atoms with van der Waals surface area (Å²) in [5.74, 6) is 0.962. The van der Waals surface area contributed by atoms with Gasteiger partial charge in [0, 0.05) is 18.3 Å². The molecule has 2 heterocycles. The zero-order valence-corrected chi connectivity index (χ0v) is 13.8. The van der Waals surface area contributed by atoms with Crippen molar-refractivity contribution in [1.82, 2.24) is 9.97 Å². The van der Waals surface area contributed by atoms with Crippen LogP contribution in [0.25, 0.3) is 22.4 Å². The van der Waals surface area contributed by atoms with Gasteiger partial charge in [-0.25, -0.2) is 4.98 Å². The number of hydrogen-bond acceptors (Lipinski definition) is 2. The molecule has 4 rings (SSSR count). The number of carbonyl (C=O) groups excluding carboxylic acids is 1. The van der Waals surface area contributed by atoms with Crippen molar-refractivity contribution in [1.29, 1.82) is 0 Å². The molecule has 0 fully saturated rings. The largest absolute Gasteiger partial charge is 0.338 e. The van der Waals surface area contributed by atoms with E-state index in [9.17, 15) is 4.79 Å². The highest BCUT2D eigenvalue weighted by Crippen LogP contribution is 2.42. The van der Waals surface area contributed by atoms with E-state index < -0.39 is 5.41 Å². The van der Waals surface area contributed by atoms with Gasteiger partial charge in [0.05, 0.1) is 16.4 Å².